The number of hydrogen-bond donors (Lipinski definition) is 1. The van der Waals surface area contributed by atoms with Crippen LogP contribution in [-0.4, -0.2) is 18.1 Å². The molecule has 0 aromatic rings. The van der Waals surface area contributed by atoms with Gasteiger partial charge in [0.25, 0.3) is 0 Å². The summed E-state index contributed by atoms with van der Waals surface area (Å²) in [6, 6.07) is 0. The van der Waals surface area contributed by atoms with Crippen LogP contribution in [-0.2, 0) is 9.53 Å². The molecule has 0 amide bonds. The molecule has 0 radical (unpaired) electrons. The Hall–Kier alpha value is -0.540. The van der Waals surface area contributed by atoms with Gasteiger partial charge in [0.05, 0.1) is 12.5 Å². The van der Waals surface area contributed by atoms with Gasteiger partial charge in [-0.3, -0.25) is 4.79 Å². The Morgan fingerprint density at radius 2 is 2.50 bits per heavy atom. The van der Waals surface area contributed by atoms with Crippen molar-refractivity contribution >= 4 is 18.4 Å². The average Bonchev–Trinajstić information content (AvgIpc) is 2.65. The number of ether oxygens (including phenoxy) is 1. The summed E-state index contributed by atoms with van der Waals surface area (Å²) in [7, 11) is 0. The summed E-state index contributed by atoms with van der Waals surface area (Å²) in [6.07, 6.45) is 2.30. The van der Waals surface area contributed by atoms with E-state index in [2.05, 4.69) is 6.58 Å². The zero-order valence-corrected chi connectivity index (χ0v) is 7.89. The minimum atomic E-state index is -0.480. The van der Waals surface area contributed by atoms with Crippen molar-refractivity contribution in [2.45, 2.75) is 18.9 Å². The Morgan fingerprint density at radius 3 is 2.83 bits per heavy atom. The van der Waals surface area contributed by atoms with Crippen molar-refractivity contribution in [3.05, 3.63) is 12.7 Å². The van der Waals surface area contributed by atoms with Crippen molar-refractivity contribution in [2.75, 3.05) is 6.61 Å². The van der Waals surface area contributed by atoms with E-state index in [1.165, 1.54) is 0 Å². The molecule has 2 N–H and O–H groups in total. The summed E-state index contributed by atoms with van der Waals surface area (Å²) < 4.78 is 4.80. The largest absolute Gasteiger partial charge is 0.466 e. The van der Waals surface area contributed by atoms with Gasteiger partial charge in [0, 0.05) is 5.54 Å². The van der Waals surface area contributed by atoms with Gasteiger partial charge < -0.3 is 10.5 Å². The van der Waals surface area contributed by atoms with Gasteiger partial charge in [0.15, 0.2) is 0 Å². The first-order valence-electron chi connectivity index (χ1n) is 3.73. The topological polar surface area (TPSA) is 52.3 Å². The number of carbonyl (C=O) groups is 1. The summed E-state index contributed by atoms with van der Waals surface area (Å²) in [5, 5.41) is 0. The lowest BCUT2D eigenvalue weighted by atomic mass is 10.2. The van der Waals surface area contributed by atoms with E-state index in [4.69, 9.17) is 10.5 Å². The Kier molecular flexibility index (Phi) is 3.74. The summed E-state index contributed by atoms with van der Waals surface area (Å²) in [4.78, 5) is 11.0. The van der Waals surface area contributed by atoms with Crippen LogP contribution in [0.15, 0.2) is 12.7 Å². The number of nitrogens with two attached hydrogens (primary N) is 1. The lowest BCUT2D eigenvalue weighted by molar-refractivity contribution is -0.144. The SMILES string of the molecule is C=C[C@@]1(N)C[C@H]1C(=O)OCC.Cl. The second-order valence-corrected chi connectivity index (χ2v) is 2.83. The number of carbonyl (C=O) groups excluding carboxylic acids is 1. The second-order valence-electron chi connectivity index (χ2n) is 2.83. The van der Waals surface area contributed by atoms with Crippen LogP contribution >= 0.6 is 12.4 Å². The van der Waals surface area contributed by atoms with Crippen LogP contribution in [0.2, 0.25) is 0 Å². The molecule has 0 aliphatic heterocycles. The molecular formula is C8H14ClNO2. The number of esters is 1. The van der Waals surface area contributed by atoms with Gasteiger partial charge in [-0.05, 0) is 13.3 Å². The molecule has 2 atom stereocenters. The monoisotopic (exact) mass is 191 g/mol. The quantitative estimate of drug-likeness (QED) is 0.532. The number of halogens is 1. The van der Waals surface area contributed by atoms with Gasteiger partial charge in [-0.25, -0.2) is 0 Å². The van der Waals surface area contributed by atoms with Crippen LogP contribution in [0.1, 0.15) is 13.3 Å². The van der Waals surface area contributed by atoms with Crippen LogP contribution in [0.25, 0.3) is 0 Å². The predicted molar refractivity (Wildman–Crippen MR) is 49.1 cm³/mol. The Labute approximate surface area is 78.4 Å². The highest BCUT2D eigenvalue weighted by Gasteiger charge is 2.54. The molecule has 1 aliphatic rings. The molecule has 0 aromatic heterocycles. The third-order valence-electron chi connectivity index (χ3n) is 2.00. The number of hydrogen-bond acceptors (Lipinski definition) is 3. The molecule has 1 fully saturated rings. The zero-order chi connectivity index (χ0) is 8.48. The first kappa shape index (κ1) is 11.5. The molecule has 1 rings (SSSR count). The van der Waals surface area contributed by atoms with Crippen molar-refractivity contribution in [1.82, 2.24) is 0 Å². The van der Waals surface area contributed by atoms with Crippen molar-refractivity contribution in [2.24, 2.45) is 11.7 Å². The van der Waals surface area contributed by atoms with Gasteiger partial charge in [-0.15, -0.1) is 19.0 Å². The van der Waals surface area contributed by atoms with Crippen LogP contribution in [0, 0.1) is 5.92 Å². The van der Waals surface area contributed by atoms with Gasteiger partial charge in [0.1, 0.15) is 0 Å². The fourth-order valence-electron chi connectivity index (χ4n) is 1.07. The van der Waals surface area contributed by atoms with Crippen molar-refractivity contribution < 1.29 is 9.53 Å². The molecule has 0 bridgehead atoms. The molecule has 1 aliphatic carbocycles. The maximum Gasteiger partial charge on any atom is 0.311 e. The predicted octanol–water partition coefficient (Wildman–Crippen LogP) is 0.875. The third-order valence-corrected chi connectivity index (χ3v) is 2.00. The van der Waals surface area contributed by atoms with Gasteiger partial charge in [-0.1, -0.05) is 6.08 Å². The Morgan fingerprint density at radius 1 is 1.92 bits per heavy atom. The molecule has 0 spiro atoms. The molecule has 4 heteroatoms. The van der Waals surface area contributed by atoms with E-state index in [-0.39, 0.29) is 24.3 Å². The molecule has 0 unspecified atom stereocenters. The smallest absolute Gasteiger partial charge is 0.311 e. The van der Waals surface area contributed by atoms with E-state index in [0.29, 0.717) is 13.0 Å². The molecular weight excluding hydrogens is 178 g/mol. The van der Waals surface area contributed by atoms with Crippen molar-refractivity contribution in [1.29, 1.82) is 0 Å². The Bertz CT molecular complexity index is 195. The minimum Gasteiger partial charge on any atom is -0.466 e. The first-order chi connectivity index (χ1) is 5.14. The van der Waals surface area contributed by atoms with Gasteiger partial charge in [-0.2, -0.15) is 0 Å². The second kappa shape index (κ2) is 3.92. The van der Waals surface area contributed by atoms with Crippen LogP contribution in [0.4, 0.5) is 0 Å². The molecule has 1 saturated carbocycles. The fourth-order valence-corrected chi connectivity index (χ4v) is 1.07. The summed E-state index contributed by atoms with van der Waals surface area (Å²) in [5.74, 6) is -0.352. The standard InChI is InChI=1S/C8H13NO2.ClH/c1-3-8(9)5-6(8)7(10)11-4-2;/h3,6H,1,4-5,9H2,2H3;1H/t6-,8+;/m0./s1. The third kappa shape index (κ3) is 1.99. The average molecular weight is 192 g/mol. The lowest BCUT2D eigenvalue weighted by Crippen LogP contribution is -2.25. The summed E-state index contributed by atoms with van der Waals surface area (Å²) >= 11 is 0. The normalized spacial score (nSPS) is 31.7. The van der Waals surface area contributed by atoms with E-state index < -0.39 is 5.54 Å². The fraction of sp³-hybridized carbons (Fsp3) is 0.625. The maximum absolute atomic E-state index is 11.0. The van der Waals surface area contributed by atoms with Gasteiger partial charge >= 0.3 is 5.97 Å². The molecule has 3 nitrogen and oxygen atoms in total. The lowest BCUT2D eigenvalue weighted by Gasteiger charge is -2.03. The Balaban J connectivity index is 0.00000121. The highest BCUT2D eigenvalue weighted by molar-refractivity contribution is 5.85. The molecule has 70 valence electrons. The van der Waals surface area contributed by atoms with E-state index >= 15 is 0 Å². The van der Waals surface area contributed by atoms with E-state index in [9.17, 15) is 4.79 Å². The molecule has 0 heterocycles. The van der Waals surface area contributed by atoms with E-state index in [1.54, 1.807) is 13.0 Å². The van der Waals surface area contributed by atoms with Crippen molar-refractivity contribution in [3.8, 4) is 0 Å². The maximum atomic E-state index is 11.0. The first-order valence-corrected chi connectivity index (χ1v) is 3.73. The molecule has 12 heavy (non-hydrogen) atoms. The number of rotatable bonds is 3. The zero-order valence-electron chi connectivity index (χ0n) is 7.08. The van der Waals surface area contributed by atoms with Crippen LogP contribution in [0.5, 0.6) is 0 Å². The summed E-state index contributed by atoms with van der Waals surface area (Å²) in [6.45, 7) is 5.76. The minimum absolute atomic E-state index is 0. The van der Waals surface area contributed by atoms with Gasteiger partial charge in [0.2, 0.25) is 0 Å². The highest BCUT2D eigenvalue weighted by atomic mass is 35.5. The van der Waals surface area contributed by atoms with Crippen LogP contribution < -0.4 is 5.73 Å². The molecule has 0 saturated heterocycles. The van der Waals surface area contributed by atoms with E-state index in [1.807, 2.05) is 0 Å². The van der Waals surface area contributed by atoms with Crippen LogP contribution in [0.3, 0.4) is 0 Å². The summed E-state index contributed by atoms with van der Waals surface area (Å²) in [5.41, 5.74) is 5.22. The molecule has 0 aromatic carbocycles. The van der Waals surface area contributed by atoms with E-state index in [0.717, 1.165) is 0 Å². The highest BCUT2D eigenvalue weighted by Crippen LogP contribution is 2.42. The van der Waals surface area contributed by atoms with Crippen molar-refractivity contribution in [3.63, 3.8) is 0 Å².